The molecule has 1 amide bonds. The van der Waals surface area contributed by atoms with Gasteiger partial charge < -0.3 is 10.6 Å². The number of anilines is 1. The van der Waals surface area contributed by atoms with Gasteiger partial charge in [0.1, 0.15) is 6.07 Å². The van der Waals surface area contributed by atoms with Gasteiger partial charge in [0.05, 0.1) is 11.3 Å². The van der Waals surface area contributed by atoms with Crippen molar-refractivity contribution in [2.45, 2.75) is 24.7 Å². The SMILES string of the molecule is CCCNC(=O)CCNc1cccc(SC)c1C#N. The van der Waals surface area contributed by atoms with Crippen LogP contribution in [0.5, 0.6) is 0 Å². The van der Waals surface area contributed by atoms with Crippen LogP contribution in [0.2, 0.25) is 0 Å². The zero-order chi connectivity index (χ0) is 14.1. The molecule has 2 N–H and O–H groups in total. The van der Waals surface area contributed by atoms with Crippen molar-refractivity contribution in [3.8, 4) is 6.07 Å². The number of nitrogens with one attached hydrogen (secondary N) is 2. The highest BCUT2D eigenvalue weighted by Crippen LogP contribution is 2.26. The summed E-state index contributed by atoms with van der Waals surface area (Å²) < 4.78 is 0. The van der Waals surface area contributed by atoms with Gasteiger partial charge in [0.2, 0.25) is 5.91 Å². The van der Waals surface area contributed by atoms with Gasteiger partial charge in [0.25, 0.3) is 0 Å². The highest BCUT2D eigenvalue weighted by Gasteiger charge is 2.07. The van der Waals surface area contributed by atoms with Gasteiger partial charge in [0.15, 0.2) is 0 Å². The van der Waals surface area contributed by atoms with Gasteiger partial charge in [-0.3, -0.25) is 4.79 Å². The molecule has 0 aromatic heterocycles. The molecule has 0 bridgehead atoms. The second-order valence-corrected chi connectivity index (χ2v) is 4.87. The highest BCUT2D eigenvalue weighted by molar-refractivity contribution is 7.98. The van der Waals surface area contributed by atoms with Crippen LogP contribution < -0.4 is 10.6 Å². The zero-order valence-electron chi connectivity index (χ0n) is 11.3. The minimum atomic E-state index is 0.0360. The third kappa shape index (κ3) is 4.84. The van der Waals surface area contributed by atoms with Gasteiger partial charge in [-0.05, 0) is 24.8 Å². The van der Waals surface area contributed by atoms with Crippen LogP contribution in [0.25, 0.3) is 0 Å². The van der Waals surface area contributed by atoms with Crippen LogP contribution in [0, 0.1) is 11.3 Å². The molecule has 19 heavy (non-hydrogen) atoms. The van der Waals surface area contributed by atoms with Gasteiger partial charge in [-0.2, -0.15) is 5.26 Å². The van der Waals surface area contributed by atoms with E-state index in [1.54, 1.807) is 11.8 Å². The molecule has 1 aromatic carbocycles. The average molecular weight is 277 g/mol. The van der Waals surface area contributed by atoms with E-state index in [4.69, 9.17) is 0 Å². The Hall–Kier alpha value is -1.67. The van der Waals surface area contributed by atoms with Gasteiger partial charge in [-0.25, -0.2) is 0 Å². The van der Waals surface area contributed by atoms with E-state index < -0.39 is 0 Å². The van der Waals surface area contributed by atoms with Crippen LogP contribution >= 0.6 is 11.8 Å². The third-order valence-corrected chi connectivity index (χ3v) is 3.38. The van der Waals surface area contributed by atoms with E-state index in [1.807, 2.05) is 31.4 Å². The number of thioether (sulfide) groups is 1. The molecule has 0 heterocycles. The quantitative estimate of drug-likeness (QED) is 0.752. The van der Waals surface area contributed by atoms with E-state index in [0.717, 1.165) is 17.0 Å². The van der Waals surface area contributed by atoms with E-state index in [1.165, 1.54) is 0 Å². The van der Waals surface area contributed by atoms with Crippen molar-refractivity contribution in [3.05, 3.63) is 23.8 Å². The number of amides is 1. The monoisotopic (exact) mass is 277 g/mol. The number of carbonyl (C=O) groups excluding carboxylic acids is 1. The number of carbonyl (C=O) groups is 1. The molecule has 0 spiro atoms. The predicted molar refractivity (Wildman–Crippen MR) is 79.3 cm³/mol. The lowest BCUT2D eigenvalue weighted by atomic mass is 10.2. The molecule has 0 aliphatic rings. The molecule has 102 valence electrons. The molecule has 1 rings (SSSR count). The smallest absolute Gasteiger partial charge is 0.221 e. The van der Waals surface area contributed by atoms with Crippen LogP contribution in [0.15, 0.2) is 23.1 Å². The number of nitriles is 1. The number of hydrogen-bond donors (Lipinski definition) is 2. The Labute approximate surface area is 118 Å². The fraction of sp³-hybridized carbons (Fsp3) is 0.429. The minimum Gasteiger partial charge on any atom is -0.383 e. The fourth-order valence-electron chi connectivity index (χ4n) is 1.63. The largest absolute Gasteiger partial charge is 0.383 e. The Balaban J connectivity index is 2.54. The predicted octanol–water partition coefficient (Wildman–Crippen LogP) is 2.61. The molecule has 0 saturated heterocycles. The molecule has 0 aliphatic heterocycles. The van der Waals surface area contributed by atoms with Crippen LogP contribution in [0.1, 0.15) is 25.3 Å². The molecule has 5 heteroatoms. The van der Waals surface area contributed by atoms with Gasteiger partial charge in [-0.1, -0.05) is 13.0 Å². The lowest BCUT2D eigenvalue weighted by Gasteiger charge is -2.10. The zero-order valence-corrected chi connectivity index (χ0v) is 12.1. The van der Waals surface area contributed by atoms with E-state index >= 15 is 0 Å². The summed E-state index contributed by atoms with van der Waals surface area (Å²) in [5.41, 5.74) is 1.43. The maximum atomic E-state index is 11.4. The molecule has 0 saturated carbocycles. The molecule has 0 unspecified atom stereocenters. The summed E-state index contributed by atoms with van der Waals surface area (Å²) >= 11 is 1.54. The topological polar surface area (TPSA) is 64.9 Å². The highest BCUT2D eigenvalue weighted by atomic mass is 32.2. The summed E-state index contributed by atoms with van der Waals surface area (Å²) in [4.78, 5) is 12.4. The third-order valence-electron chi connectivity index (χ3n) is 2.60. The summed E-state index contributed by atoms with van der Waals surface area (Å²) in [6, 6.07) is 7.89. The molecule has 0 fully saturated rings. The lowest BCUT2D eigenvalue weighted by Crippen LogP contribution is -2.25. The van der Waals surface area contributed by atoms with E-state index in [-0.39, 0.29) is 5.91 Å². The molecule has 4 nitrogen and oxygen atoms in total. The molecule has 0 atom stereocenters. The van der Waals surface area contributed by atoms with Crippen molar-refractivity contribution >= 4 is 23.4 Å². The van der Waals surface area contributed by atoms with Crippen molar-refractivity contribution in [1.82, 2.24) is 5.32 Å². The normalized spacial score (nSPS) is 9.74. The summed E-state index contributed by atoms with van der Waals surface area (Å²) in [5.74, 6) is 0.0360. The first kappa shape index (κ1) is 15.4. The number of nitrogens with zero attached hydrogens (tertiary/aromatic N) is 1. The standard InChI is InChI=1S/C14H19N3OS/c1-3-8-17-14(18)7-9-16-12-5-4-6-13(19-2)11(12)10-15/h4-6,16H,3,7-9H2,1-2H3,(H,17,18). The lowest BCUT2D eigenvalue weighted by molar-refractivity contribution is -0.120. The van der Waals surface area contributed by atoms with Crippen LogP contribution in [0.4, 0.5) is 5.69 Å². The second kappa shape index (κ2) is 8.44. The molecule has 0 radical (unpaired) electrons. The summed E-state index contributed by atoms with van der Waals surface area (Å²) in [6.07, 6.45) is 3.29. The summed E-state index contributed by atoms with van der Waals surface area (Å²) in [7, 11) is 0. The Morgan fingerprint density at radius 1 is 1.42 bits per heavy atom. The van der Waals surface area contributed by atoms with Crippen LogP contribution in [0.3, 0.4) is 0 Å². The molecule has 1 aromatic rings. The first-order chi connectivity index (χ1) is 9.22. The van der Waals surface area contributed by atoms with Crippen molar-refractivity contribution in [3.63, 3.8) is 0 Å². The molecular formula is C14H19N3OS. The summed E-state index contributed by atoms with van der Waals surface area (Å²) in [6.45, 7) is 3.26. The van der Waals surface area contributed by atoms with Gasteiger partial charge in [0, 0.05) is 24.4 Å². The number of hydrogen-bond acceptors (Lipinski definition) is 4. The van der Waals surface area contributed by atoms with E-state index in [9.17, 15) is 10.1 Å². The minimum absolute atomic E-state index is 0.0360. The van der Waals surface area contributed by atoms with Crippen LogP contribution in [-0.4, -0.2) is 25.3 Å². The molecular weight excluding hydrogens is 258 g/mol. The van der Waals surface area contributed by atoms with Crippen molar-refractivity contribution in [1.29, 1.82) is 5.26 Å². The van der Waals surface area contributed by atoms with Gasteiger partial charge in [-0.15, -0.1) is 11.8 Å². The number of rotatable bonds is 7. The van der Waals surface area contributed by atoms with E-state index in [0.29, 0.717) is 25.1 Å². The summed E-state index contributed by atoms with van der Waals surface area (Å²) in [5, 5.41) is 15.1. The second-order valence-electron chi connectivity index (χ2n) is 4.02. The maximum Gasteiger partial charge on any atom is 0.221 e. The van der Waals surface area contributed by atoms with Crippen molar-refractivity contribution in [2.24, 2.45) is 0 Å². The van der Waals surface area contributed by atoms with Crippen molar-refractivity contribution < 1.29 is 4.79 Å². The number of benzene rings is 1. The van der Waals surface area contributed by atoms with Crippen molar-refractivity contribution in [2.75, 3.05) is 24.7 Å². The Kier molecular flexibility index (Phi) is 6.83. The van der Waals surface area contributed by atoms with Gasteiger partial charge >= 0.3 is 0 Å². The Bertz CT molecular complexity index is 468. The Morgan fingerprint density at radius 3 is 2.84 bits per heavy atom. The average Bonchev–Trinajstić information content (AvgIpc) is 2.44. The maximum absolute atomic E-state index is 11.4. The first-order valence-electron chi connectivity index (χ1n) is 6.30. The van der Waals surface area contributed by atoms with Crippen LogP contribution in [-0.2, 0) is 4.79 Å². The molecule has 0 aliphatic carbocycles. The Morgan fingerprint density at radius 2 is 2.21 bits per heavy atom. The fourth-order valence-corrected chi connectivity index (χ4v) is 2.20. The van der Waals surface area contributed by atoms with E-state index in [2.05, 4.69) is 16.7 Å². The first-order valence-corrected chi connectivity index (χ1v) is 7.53.